The maximum absolute atomic E-state index is 12.5. The Kier molecular flexibility index (Phi) is 3.62. The first-order valence-corrected chi connectivity index (χ1v) is 6.91. The van der Waals surface area contributed by atoms with Crippen molar-refractivity contribution in [1.82, 2.24) is 0 Å². The Labute approximate surface area is 131 Å². The second-order valence-corrected chi connectivity index (χ2v) is 5.34. The van der Waals surface area contributed by atoms with Crippen molar-refractivity contribution in [2.75, 3.05) is 7.11 Å². The predicted octanol–water partition coefficient (Wildman–Crippen LogP) is 4.98. The summed E-state index contributed by atoms with van der Waals surface area (Å²) < 4.78 is 10.8. The van der Waals surface area contributed by atoms with Crippen molar-refractivity contribution in [2.24, 2.45) is 0 Å². The summed E-state index contributed by atoms with van der Waals surface area (Å²) in [5.41, 5.74) is 1.00. The third kappa shape index (κ3) is 2.62. The molecule has 106 valence electrons. The maximum atomic E-state index is 12.5. The van der Waals surface area contributed by atoms with Gasteiger partial charge in [0, 0.05) is 15.4 Å². The van der Waals surface area contributed by atoms with Crippen LogP contribution in [0.5, 0.6) is 5.75 Å². The van der Waals surface area contributed by atoms with Gasteiger partial charge in [-0.25, -0.2) is 0 Å². The minimum Gasteiger partial charge on any atom is -0.496 e. The number of benzene rings is 2. The van der Waals surface area contributed by atoms with Crippen molar-refractivity contribution >= 4 is 40.0 Å². The van der Waals surface area contributed by atoms with Crippen molar-refractivity contribution in [3.05, 3.63) is 63.8 Å². The topological polar surface area (TPSA) is 39.4 Å². The Morgan fingerprint density at radius 2 is 1.76 bits per heavy atom. The number of furan rings is 1. The molecule has 2 aromatic carbocycles. The Bertz CT molecular complexity index is 837. The highest BCUT2D eigenvalue weighted by Crippen LogP contribution is 2.29. The first kappa shape index (κ1) is 14.0. The van der Waals surface area contributed by atoms with Crippen LogP contribution in [0.25, 0.3) is 11.0 Å². The number of rotatable bonds is 3. The van der Waals surface area contributed by atoms with Gasteiger partial charge in [-0.2, -0.15) is 0 Å². The molecule has 1 heterocycles. The molecular formula is C16H10Cl2O3. The molecule has 3 aromatic rings. The van der Waals surface area contributed by atoms with E-state index in [1.807, 2.05) is 0 Å². The number of ketones is 1. The number of carbonyl (C=O) groups is 1. The molecule has 0 N–H and O–H groups in total. The van der Waals surface area contributed by atoms with Crippen LogP contribution in [-0.4, -0.2) is 12.9 Å². The maximum Gasteiger partial charge on any atom is 0.231 e. The van der Waals surface area contributed by atoms with Gasteiger partial charge in [-0.1, -0.05) is 23.2 Å². The summed E-state index contributed by atoms with van der Waals surface area (Å²) in [6.45, 7) is 0. The van der Waals surface area contributed by atoms with Gasteiger partial charge in [-0.3, -0.25) is 4.79 Å². The minimum absolute atomic E-state index is 0.230. The smallest absolute Gasteiger partial charge is 0.231 e. The molecule has 0 aliphatic carbocycles. The molecule has 5 heteroatoms. The van der Waals surface area contributed by atoms with E-state index in [1.165, 1.54) is 7.11 Å². The summed E-state index contributed by atoms with van der Waals surface area (Å²) in [7, 11) is 1.49. The lowest BCUT2D eigenvalue weighted by Crippen LogP contribution is -2.02. The molecule has 0 atom stereocenters. The molecule has 0 spiro atoms. The molecule has 3 rings (SSSR count). The standard InChI is InChI=1S/C16H10Cl2O3/c1-20-14-8-11(18)2-4-12(14)16(19)15-7-9-6-10(17)3-5-13(9)21-15/h2-8H,1H3. The molecule has 0 aliphatic heterocycles. The van der Waals surface area contributed by atoms with E-state index in [9.17, 15) is 4.79 Å². The summed E-state index contributed by atoms with van der Waals surface area (Å²) in [5.74, 6) is 0.370. The first-order valence-electron chi connectivity index (χ1n) is 6.16. The van der Waals surface area contributed by atoms with Gasteiger partial charge >= 0.3 is 0 Å². The predicted molar refractivity (Wildman–Crippen MR) is 82.7 cm³/mol. The Balaban J connectivity index is 2.08. The summed E-state index contributed by atoms with van der Waals surface area (Å²) in [6, 6.07) is 11.7. The Morgan fingerprint density at radius 1 is 1.05 bits per heavy atom. The Hall–Kier alpha value is -1.97. The van der Waals surface area contributed by atoms with Crippen molar-refractivity contribution in [3.63, 3.8) is 0 Å². The van der Waals surface area contributed by atoms with Crippen molar-refractivity contribution in [1.29, 1.82) is 0 Å². The van der Waals surface area contributed by atoms with E-state index in [2.05, 4.69) is 0 Å². The van der Waals surface area contributed by atoms with E-state index in [1.54, 1.807) is 42.5 Å². The largest absolute Gasteiger partial charge is 0.496 e. The van der Waals surface area contributed by atoms with Gasteiger partial charge in [0.1, 0.15) is 11.3 Å². The average molecular weight is 321 g/mol. The van der Waals surface area contributed by atoms with Gasteiger partial charge in [-0.15, -0.1) is 0 Å². The van der Waals surface area contributed by atoms with Gasteiger partial charge < -0.3 is 9.15 Å². The van der Waals surface area contributed by atoms with E-state index in [-0.39, 0.29) is 11.5 Å². The second-order valence-electron chi connectivity index (χ2n) is 4.47. The summed E-state index contributed by atoms with van der Waals surface area (Å²) in [5, 5.41) is 1.87. The molecular weight excluding hydrogens is 311 g/mol. The van der Waals surface area contributed by atoms with Crippen LogP contribution in [-0.2, 0) is 0 Å². The summed E-state index contributed by atoms with van der Waals surface area (Å²) >= 11 is 11.8. The van der Waals surface area contributed by atoms with E-state index in [4.69, 9.17) is 32.4 Å². The number of fused-ring (bicyclic) bond motifs is 1. The highest BCUT2D eigenvalue weighted by atomic mass is 35.5. The van der Waals surface area contributed by atoms with Crippen molar-refractivity contribution < 1.29 is 13.9 Å². The number of hydrogen-bond donors (Lipinski definition) is 0. The summed E-state index contributed by atoms with van der Waals surface area (Å²) in [6.07, 6.45) is 0. The molecule has 21 heavy (non-hydrogen) atoms. The van der Waals surface area contributed by atoms with Crippen LogP contribution in [0.2, 0.25) is 10.0 Å². The average Bonchev–Trinajstić information content (AvgIpc) is 2.89. The van der Waals surface area contributed by atoms with Gasteiger partial charge in [0.2, 0.25) is 5.78 Å². The fourth-order valence-corrected chi connectivity index (χ4v) is 2.45. The van der Waals surface area contributed by atoms with Gasteiger partial charge in [0.25, 0.3) is 0 Å². The lowest BCUT2D eigenvalue weighted by atomic mass is 10.1. The molecule has 0 amide bonds. The fourth-order valence-electron chi connectivity index (χ4n) is 2.11. The highest BCUT2D eigenvalue weighted by Gasteiger charge is 2.19. The third-order valence-electron chi connectivity index (χ3n) is 3.11. The number of methoxy groups -OCH3 is 1. The van der Waals surface area contributed by atoms with E-state index < -0.39 is 0 Å². The molecule has 0 fully saturated rings. The van der Waals surface area contributed by atoms with Crippen LogP contribution in [0, 0.1) is 0 Å². The molecule has 3 nitrogen and oxygen atoms in total. The normalized spacial score (nSPS) is 10.8. The van der Waals surface area contributed by atoms with Crippen LogP contribution in [0.3, 0.4) is 0 Å². The zero-order chi connectivity index (χ0) is 15.0. The van der Waals surface area contributed by atoms with Crippen LogP contribution >= 0.6 is 23.2 Å². The number of hydrogen-bond acceptors (Lipinski definition) is 3. The molecule has 0 bridgehead atoms. The number of ether oxygens (including phenoxy) is 1. The van der Waals surface area contributed by atoms with Crippen LogP contribution in [0.15, 0.2) is 46.9 Å². The van der Waals surface area contributed by atoms with Crippen LogP contribution in [0.4, 0.5) is 0 Å². The van der Waals surface area contributed by atoms with E-state index >= 15 is 0 Å². The van der Waals surface area contributed by atoms with E-state index in [0.29, 0.717) is 26.9 Å². The number of carbonyl (C=O) groups excluding carboxylic acids is 1. The molecule has 0 saturated carbocycles. The fraction of sp³-hybridized carbons (Fsp3) is 0.0625. The van der Waals surface area contributed by atoms with Crippen molar-refractivity contribution in [2.45, 2.75) is 0 Å². The molecule has 0 aliphatic rings. The van der Waals surface area contributed by atoms with Crippen LogP contribution < -0.4 is 4.74 Å². The van der Waals surface area contributed by atoms with E-state index in [0.717, 1.165) is 5.39 Å². The summed E-state index contributed by atoms with van der Waals surface area (Å²) in [4.78, 5) is 12.5. The zero-order valence-corrected chi connectivity index (χ0v) is 12.5. The highest BCUT2D eigenvalue weighted by molar-refractivity contribution is 6.31. The van der Waals surface area contributed by atoms with Gasteiger partial charge in [-0.05, 0) is 42.5 Å². The first-order chi connectivity index (χ1) is 10.1. The molecule has 0 saturated heterocycles. The Morgan fingerprint density at radius 3 is 2.52 bits per heavy atom. The molecule has 0 unspecified atom stereocenters. The van der Waals surface area contributed by atoms with Gasteiger partial charge in [0.05, 0.1) is 12.7 Å². The minimum atomic E-state index is -0.268. The van der Waals surface area contributed by atoms with Gasteiger partial charge in [0.15, 0.2) is 5.76 Å². The second kappa shape index (κ2) is 5.43. The third-order valence-corrected chi connectivity index (χ3v) is 3.58. The molecule has 0 radical (unpaired) electrons. The lowest BCUT2D eigenvalue weighted by molar-refractivity contribution is 0.101. The monoisotopic (exact) mass is 320 g/mol. The quantitative estimate of drug-likeness (QED) is 0.639. The zero-order valence-electron chi connectivity index (χ0n) is 11.0. The SMILES string of the molecule is COc1cc(Cl)ccc1C(=O)c1cc2cc(Cl)ccc2o1. The number of halogens is 2. The van der Waals surface area contributed by atoms with Crippen LogP contribution in [0.1, 0.15) is 16.1 Å². The lowest BCUT2D eigenvalue weighted by Gasteiger charge is -2.06. The molecule has 1 aromatic heterocycles. The van der Waals surface area contributed by atoms with Crippen molar-refractivity contribution in [3.8, 4) is 5.75 Å².